The number of halogens is 4. The van der Waals surface area contributed by atoms with Gasteiger partial charge < -0.3 is 19.1 Å². The number of hydrogen-bond donors (Lipinski definition) is 3. The molecule has 0 spiro atoms. The van der Waals surface area contributed by atoms with Crippen molar-refractivity contribution < 1.29 is 46.2 Å². The summed E-state index contributed by atoms with van der Waals surface area (Å²) in [7, 11) is -4.49. The topological polar surface area (TPSA) is 158 Å². The summed E-state index contributed by atoms with van der Waals surface area (Å²) in [6.45, 7) is 2.31. The average Bonchev–Trinajstić information content (AvgIpc) is 3.24. The lowest BCUT2D eigenvalue weighted by Gasteiger charge is -2.24. The lowest BCUT2D eigenvalue weighted by Crippen LogP contribution is -2.36. The van der Waals surface area contributed by atoms with E-state index in [-0.39, 0.29) is 24.3 Å². The standard InChI is InChI=1S/C23H26BrF3N3O9P/c1-3-36-21(33)13(2)29-40(35,39-16-6-4-15(5-7-16)23(25,26)27)37-12-18-17(31)10-19(38-18)30-11-14(8-9-24)20(32)28-22(30)34/h4-9,11,13,17-19,31H,3,10,12H2,1-2H3,(H,29,35)(H,28,32,34)/t13-,17?,18+,19+,40?/m0/s1. The van der Waals surface area contributed by atoms with Gasteiger partial charge in [0.05, 0.1) is 30.4 Å². The second-order valence-electron chi connectivity index (χ2n) is 8.49. The first-order valence-electron chi connectivity index (χ1n) is 11.8. The molecule has 2 heterocycles. The van der Waals surface area contributed by atoms with Crippen molar-refractivity contribution in [2.45, 2.75) is 50.9 Å². The fraction of sp³-hybridized carbons (Fsp3) is 0.435. The quantitative estimate of drug-likeness (QED) is 0.242. The number of benzene rings is 1. The maximum absolute atomic E-state index is 13.6. The van der Waals surface area contributed by atoms with E-state index in [9.17, 15) is 37.2 Å². The third kappa shape index (κ3) is 8.15. The summed E-state index contributed by atoms with van der Waals surface area (Å²) in [6.07, 6.45) is -5.48. The van der Waals surface area contributed by atoms with Crippen molar-refractivity contribution in [1.82, 2.24) is 14.6 Å². The van der Waals surface area contributed by atoms with E-state index < -0.39 is 67.8 Å². The zero-order valence-electron chi connectivity index (χ0n) is 21.1. The van der Waals surface area contributed by atoms with Gasteiger partial charge in [-0.3, -0.25) is 23.7 Å². The van der Waals surface area contributed by atoms with Crippen molar-refractivity contribution in [1.29, 1.82) is 0 Å². The van der Waals surface area contributed by atoms with Crippen LogP contribution in [0.5, 0.6) is 5.75 Å². The Morgan fingerprint density at radius 3 is 2.62 bits per heavy atom. The van der Waals surface area contributed by atoms with Crippen LogP contribution in [-0.4, -0.2) is 52.1 Å². The lowest BCUT2D eigenvalue weighted by atomic mass is 10.2. The summed E-state index contributed by atoms with van der Waals surface area (Å²) in [5.41, 5.74) is -2.28. The monoisotopic (exact) mass is 655 g/mol. The molecule has 12 nitrogen and oxygen atoms in total. The van der Waals surface area contributed by atoms with Crippen molar-refractivity contribution in [3.8, 4) is 5.75 Å². The molecule has 0 aliphatic carbocycles. The smallest absolute Gasteiger partial charge is 0.459 e. The zero-order chi connectivity index (χ0) is 29.7. The zero-order valence-corrected chi connectivity index (χ0v) is 23.6. The van der Waals surface area contributed by atoms with Crippen LogP contribution in [0.25, 0.3) is 6.08 Å². The van der Waals surface area contributed by atoms with Gasteiger partial charge >= 0.3 is 25.6 Å². The molecule has 1 aromatic heterocycles. The van der Waals surface area contributed by atoms with Gasteiger partial charge in [-0.15, -0.1) is 0 Å². The SMILES string of the molecule is CCOC(=O)[C@H](C)NP(=O)(OC[C@H]1O[C@@H](n2cc(C=CBr)c(=O)[nH]c2=O)CC1O)Oc1ccc(C(F)(F)F)cc1. The Morgan fingerprint density at radius 1 is 1.35 bits per heavy atom. The van der Waals surface area contributed by atoms with Gasteiger partial charge in [-0.1, -0.05) is 15.9 Å². The van der Waals surface area contributed by atoms with Crippen LogP contribution in [0.3, 0.4) is 0 Å². The van der Waals surface area contributed by atoms with E-state index in [1.165, 1.54) is 24.2 Å². The predicted molar refractivity (Wildman–Crippen MR) is 139 cm³/mol. The Balaban J connectivity index is 1.79. The van der Waals surface area contributed by atoms with E-state index in [1.807, 2.05) is 0 Å². The van der Waals surface area contributed by atoms with E-state index in [2.05, 4.69) is 26.0 Å². The van der Waals surface area contributed by atoms with Crippen LogP contribution in [0.4, 0.5) is 13.2 Å². The Morgan fingerprint density at radius 2 is 2.02 bits per heavy atom. The number of aromatic amines is 1. The number of rotatable bonds is 11. The molecule has 220 valence electrons. The molecule has 3 rings (SSSR count). The van der Waals surface area contributed by atoms with Crippen LogP contribution < -0.4 is 20.9 Å². The number of H-pyrrole nitrogens is 1. The van der Waals surface area contributed by atoms with Crippen LogP contribution in [0.15, 0.2) is 45.0 Å². The Labute approximate surface area is 233 Å². The highest BCUT2D eigenvalue weighted by molar-refractivity contribution is 9.11. The van der Waals surface area contributed by atoms with Gasteiger partial charge in [0.25, 0.3) is 5.56 Å². The second kappa shape index (κ2) is 13.3. The number of alkyl halides is 3. The molecule has 0 radical (unpaired) electrons. The molecule has 3 N–H and O–H groups in total. The van der Waals surface area contributed by atoms with Gasteiger partial charge in [0.1, 0.15) is 24.1 Å². The summed E-state index contributed by atoms with van der Waals surface area (Å²) in [6, 6.07) is 2.05. The van der Waals surface area contributed by atoms with Crippen molar-refractivity contribution in [2.75, 3.05) is 13.2 Å². The average molecular weight is 656 g/mol. The van der Waals surface area contributed by atoms with Crippen LogP contribution in [0.2, 0.25) is 0 Å². The number of carbonyl (C=O) groups excluding carboxylic acids is 1. The maximum atomic E-state index is 13.6. The first-order chi connectivity index (χ1) is 18.8. The van der Waals surface area contributed by atoms with Crippen molar-refractivity contribution >= 4 is 35.7 Å². The molecule has 2 unspecified atom stereocenters. The molecular weight excluding hydrogens is 630 g/mol. The Kier molecular flexibility index (Phi) is 10.5. The van der Waals surface area contributed by atoms with Gasteiger partial charge in [-0.25, -0.2) is 9.36 Å². The third-order valence-corrected chi connectivity index (χ3v) is 7.47. The molecule has 1 fully saturated rings. The highest BCUT2D eigenvalue weighted by Gasteiger charge is 2.40. The summed E-state index contributed by atoms with van der Waals surface area (Å²) < 4.78 is 74.7. The number of aliphatic hydroxyl groups excluding tert-OH is 1. The highest BCUT2D eigenvalue weighted by Crippen LogP contribution is 2.46. The first kappa shape index (κ1) is 31.8. The van der Waals surface area contributed by atoms with Gasteiger partial charge in [0.15, 0.2) is 0 Å². The number of aliphatic hydroxyl groups is 1. The largest absolute Gasteiger partial charge is 0.465 e. The Bertz CT molecular complexity index is 1380. The molecule has 5 atom stereocenters. The van der Waals surface area contributed by atoms with Gasteiger partial charge in [-0.05, 0) is 49.2 Å². The lowest BCUT2D eigenvalue weighted by molar-refractivity contribution is -0.144. The molecule has 0 bridgehead atoms. The number of ether oxygens (including phenoxy) is 2. The molecule has 40 heavy (non-hydrogen) atoms. The predicted octanol–water partition coefficient (Wildman–Crippen LogP) is 3.31. The molecule has 0 saturated carbocycles. The molecular formula is C23H26BrF3N3O9P. The van der Waals surface area contributed by atoms with Crippen molar-refractivity contribution in [2.24, 2.45) is 0 Å². The van der Waals surface area contributed by atoms with E-state index in [0.29, 0.717) is 12.1 Å². The fourth-order valence-corrected chi connectivity index (χ4v) is 5.39. The number of aromatic nitrogens is 2. The van der Waals surface area contributed by atoms with Crippen LogP contribution in [-0.2, 0) is 29.5 Å². The summed E-state index contributed by atoms with van der Waals surface area (Å²) >= 11 is 3.04. The first-order valence-corrected chi connectivity index (χ1v) is 14.2. The number of hydrogen-bond acceptors (Lipinski definition) is 9. The Hall–Kier alpha value is -2.75. The summed E-state index contributed by atoms with van der Waals surface area (Å²) in [5.74, 6) is -1.07. The van der Waals surface area contributed by atoms with Crippen LogP contribution >= 0.6 is 23.7 Å². The van der Waals surface area contributed by atoms with Gasteiger partial charge in [-0.2, -0.15) is 18.3 Å². The molecule has 1 aromatic carbocycles. The minimum Gasteiger partial charge on any atom is -0.465 e. The van der Waals surface area contributed by atoms with E-state index in [1.54, 1.807) is 6.92 Å². The molecule has 1 aliphatic heterocycles. The molecule has 0 amide bonds. The number of esters is 1. The van der Waals surface area contributed by atoms with Gasteiger partial charge in [0, 0.05) is 12.6 Å². The molecule has 2 aromatic rings. The van der Waals surface area contributed by atoms with Crippen molar-refractivity contribution in [3.63, 3.8) is 0 Å². The van der Waals surface area contributed by atoms with E-state index >= 15 is 0 Å². The van der Waals surface area contributed by atoms with Crippen LogP contribution in [0.1, 0.15) is 37.6 Å². The number of nitrogens with one attached hydrogen (secondary N) is 2. The minimum atomic E-state index is -4.61. The van der Waals surface area contributed by atoms with E-state index in [4.69, 9.17) is 18.5 Å². The summed E-state index contributed by atoms with van der Waals surface area (Å²) in [5, 5.41) is 12.9. The second-order valence-corrected chi connectivity index (χ2v) is 10.7. The molecule has 1 saturated heterocycles. The number of nitrogens with zero attached hydrogens (tertiary/aromatic N) is 1. The van der Waals surface area contributed by atoms with Gasteiger partial charge in [0.2, 0.25) is 0 Å². The minimum absolute atomic E-state index is 0.0243. The van der Waals surface area contributed by atoms with Crippen molar-refractivity contribution in [3.05, 3.63) is 67.4 Å². The fourth-order valence-electron chi connectivity index (χ4n) is 3.60. The number of carbonyl (C=O) groups is 1. The molecule has 1 aliphatic rings. The van der Waals surface area contributed by atoms with Crippen LogP contribution in [0, 0.1) is 0 Å². The van der Waals surface area contributed by atoms with E-state index in [0.717, 1.165) is 16.7 Å². The normalized spacial score (nSPS) is 21.7. The maximum Gasteiger partial charge on any atom is 0.459 e. The third-order valence-electron chi connectivity index (χ3n) is 5.56. The summed E-state index contributed by atoms with van der Waals surface area (Å²) in [4.78, 5) is 39.9. The highest BCUT2D eigenvalue weighted by atomic mass is 79.9. The molecule has 17 heteroatoms.